The van der Waals surface area contributed by atoms with Gasteiger partial charge < -0.3 is 4.90 Å². The summed E-state index contributed by atoms with van der Waals surface area (Å²) in [5.74, 6) is -4.72. The van der Waals surface area contributed by atoms with Crippen LogP contribution in [0.5, 0.6) is 0 Å². The van der Waals surface area contributed by atoms with Crippen LogP contribution < -0.4 is 4.90 Å². The van der Waals surface area contributed by atoms with Gasteiger partial charge in [-0.3, -0.25) is 4.98 Å². The molecule has 2 unspecified atom stereocenters. The van der Waals surface area contributed by atoms with Crippen molar-refractivity contribution in [1.29, 1.82) is 0 Å². The van der Waals surface area contributed by atoms with Gasteiger partial charge in [-0.15, -0.1) is 0 Å². The largest absolute Gasteiger partial charge is 0.436 e. The van der Waals surface area contributed by atoms with Crippen molar-refractivity contribution in [3.63, 3.8) is 0 Å². The zero-order valence-corrected chi connectivity index (χ0v) is 18.5. The molecular formula is C26H15F9N2. The van der Waals surface area contributed by atoms with Crippen molar-refractivity contribution < 1.29 is 39.5 Å². The first-order chi connectivity index (χ1) is 17.4. The highest BCUT2D eigenvalue weighted by atomic mass is 19.4. The second-order valence-corrected chi connectivity index (χ2v) is 8.55. The van der Waals surface area contributed by atoms with Crippen LogP contribution in [0.15, 0.2) is 79.0 Å². The summed E-state index contributed by atoms with van der Waals surface area (Å²) in [4.78, 5) is 5.73. The van der Waals surface area contributed by atoms with Gasteiger partial charge in [0.15, 0.2) is 0 Å². The summed E-state index contributed by atoms with van der Waals surface area (Å²) in [5.41, 5.74) is -8.24. The molecule has 2 aliphatic rings. The lowest BCUT2D eigenvalue weighted by Gasteiger charge is -2.31. The molecule has 2 atom stereocenters. The van der Waals surface area contributed by atoms with Gasteiger partial charge in [-0.1, -0.05) is 42.5 Å². The lowest BCUT2D eigenvalue weighted by molar-refractivity contribution is -0.350. The summed E-state index contributed by atoms with van der Waals surface area (Å²) in [6.07, 6.45) is -4.60. The highest BCUT2D eigenvalue weighted by Gasteiger charge is 2.75. The Morgan fingerprint density at radius 1 is 0.784 bits per heavy atom. The number of para-hydroxylation sites is 1. The summed E-state index contributed by atoms with van der Waals surface area (Å²) < 4.78 is 124. The van der Waals surface area contributed by atoms with E-state index >= 15 is 4.39 Å². The lowest BCUT2D eigenvalue weighted by atomic mass is 9.90. The van der Waals surface area contributed by atoms with E-state index in [9.17, 15) is 35.1 Å². The van der Waals surface area contributed by atoms with E-state index in [1.165, 1.54) is 18.3 Å². The number of anilines is 2. The van der Waals surface area contributed by atoms with Crippen LogP contribution >= 0.6 is 0 Å². The molecule has 2 nitrogen and oxygen atoms in total. The van der Waals surface area contributed by atoms with E-state index in [1.54, 1.807) is 6.07 Å². The van der Waals surface area contributed by atoms with Crippen LogP contribution in [0.2, 0.25) is 0 Å². The third kappa shape index (κ3) is 3.70. The Labute approximate surface area is 204 Å². The minimum Gasteiger partial charge on any atom is -0.333 e. The number of benzene rings is 2. The quantitative estimate of drug-likeness (QED) is 0.321. The van der Waals surface area contributed by atoms with Crippen molar-refractivity contribution in [2.24, 2.45) is 0 Å². The Balaban J connectivity index is 1.66. The maximum Gasteiger partial charge on any atom is 0.436 e. The first-order valence-corrected chi connectivity index (χ1v) is 10.9. The SMILES string of the molecule is Fc1ccc(-c2cc(N3c4ccccc4C4C=CC=CC43)ccn2)c(F)c1C(F)(C(F)(F)F)C(F)(F)F. The molecule has 0 bridgehead atoms. The summed E-state index contributed by atoms with van der Waals surface area (Å²) >= 11 is 0. The Morgan fingerprint density at radius 3 is 2.16 bits per heavy atom. The van der Waals surface area contributed by atoms with E-state index in [2.05, 4.69) is 4.98 Å². The van der Waals surface area contributed by atoms with Gasteiger partial charge in [0.2, 0.25) is 0 Å². The van der Waals surface area contributed by atoms with E-state index in [0.717, 1.165) is 11.3 Å². The smallest absolute Gasteiger partial charge is 0.333 e. The van der Waals surface area contributed by atoms with Gasteiger partial charge in [-0.05, 0) is 35.9 Å². The van der Waals surface area contributed by atoms with Crippen LogP contribution in [0.3, 0.4) is 0 Å². The average molecular weight is 526 g/mol. The zero-order chi connectivity index (χ0) is 26.8. The predicted octanol–water partition coefficient (Wildman–Crippen LogP) is 8.05. The van der Waals surface area contributed by atoms with E-state index in [1.807, 2.05) is 47.4 Å². The van der Waals surface area contributed by atoms with Crippen LogP contribution in [-0.4, -0.2) is 23.4 Å². The highest BCUT2D eigenvalue weighted by molar-refractivity contribution is 5.77. The van der Waals surface area contributed by atoms with Gasteiger partial charge in [0.05, 0.1) is 17.3 Å². The molecule has 0 saturated heterocycles. The molecule has 0 radical (unpaired) electrons. The summed E-state index contributed by atoms with van der Waals surface area (Å²) in [7, 11) is 0. The van der Waals surface area contributed by atoms with Crippen molar-refractivity contribution in [3.05, 3.63) is 102 Å². The normalized spacial score (nSPS) is 19.2. The number of hydrogen-bond acceptors (Lipinski definition) is 2. The molecule has 1 aromatic heterocycles. The Bertz CT molecular complexity index is 1410. The van der Waals surface area contributed by atoms with Crippen molar-refractivity contribution in [2.75, 3.05) is 4.90 Å². The van der Waals surface area contributed by atoms with E-state index in [0.29, 0.717) is 11.8 Å². The van der Waals surface area contributed by atoms with Gasteiger partial charge in [0.25, 0.3) is 0 Å². The van der Waals surface area contributed by atoms with Gasteiger partial charge in [0.1, 0.15) is 11.6 Å². The molecule has 0 spiro atoms. The summed E-state index contributed by atoms with van der Waals surface area (Å²) in [6, 6.07) is 10.7. The third-order valence-electron chi connectivity index (χ3n) is 6.47. The van der Waals surface area contributed by atoms with E-state index < -0.39 is 46.5 Å². The number of allylic oxidation sites excluding steroid dienone is 2. The molecule has 0 fully saturated rings. The second-order valence-electron chi connectivity index (χ2n) is 8.55. The standard InChI is InChI=1S/C26H15F9N2/c27-18-10-9-17(23(28)22(18)24(29,25(30,31)32)26(33,34)35)19-13-14(11-12-36-19)37-20-7-3-1-5-15(20)16-6-2-4-8-21(16)37/h1-13,15,20H. The topological polar surface area (TPSA) is 16.1 Å². The summed E-state index contributed by atoms with van der Waals surface area (Å²) in [5, 5.41) is 0. The molecule has 37 heavy (non-hydrogen) atoms. The lowest BCUT2D eigenvalue weighted by Crippen LogP contribution is -2.51. The van der Waals surface area contributed by atoms with Crippen LogP contribution in [-0.2, 0) is 5.67 Å². The zero-order valence-electron chi connectivity index (χ0n) is 18.5. The van der Waals surface area contributed by atoms with Crippen LogP contribution in [0.1, 0.15) is 17.0 Å². The molecule has 0 amide bonds. The van der Waals surface area contributed by atoms with Gasteiger partial charge >= 0.3 is 18.0 Å². The molecule has 2 aromatic carbocycles. The monoisotopic (exact) mass is 526 g/mol. The molecule has 5 rings (SSSR count). The number of halogens is 9. The Morgan fingerprint density at radius 2 is 1.46 bits per heavy atom. The molecule has 0 saturated carbocycles. The fraction of sp³-hybridized carbons (Fsp3) is 0.192. The maximum absolute atomic E-state index is 15.2. The molecule has 1 aliphatic carbocycles. The molecule has 2 heterocycles. The fourth-order valence-corrected chi connectivity index (χ4v) is 4.82. The summed E-state index contributed by atoms with van der Waals surface area (Å²) in [6.45, 7) is 0. The molecular weight excluding hydrogens is 511 g/mol. The predicted molar refractivity (Wildman–Crippen MR) is 118 cm³/mol. The van der Waals surface area contributed by atoms with Crippen LogP contribution in [0.25, 0.3) is 11.3 Å². The van der Waals surface area contributed by atoms with Crippen LogP contribution in [0.4, 0.5) is 50.9 Å². The molecule has 192 valence electrons. The maximum atomic E-state index is 15.2. The first-order valence-electron chi connectivity index (χ1n) is 10.9. The number of aromatic nitrogens is 1. The van der Waals surface area contributed by atoms with Gasteiger partial charge in [-0.2, -0.15) is 26.3 Å². The third-order valence-corrected chi connectivity index (χ3v) is 6.47. The second kappa shape index (κ2) is 8.39. The number of fused-ring (bicyclic) bond motifs is 3. The minimum absolute atomic E-state index is 0.0438. The van der Waals surface area contributed by atoms with Crippen molar-refractivity contribution in [1.82, 2.24) is 4.98 Å². The average Bonchev–Trinajstić information content (AvgIpc) is 3.17. The molecule has 1 aliphatic heterocycles. The van der Waals surface area contributed by atoms with E-state index in [4.69, 9.17) is 0 Å². The van der Waals surface area contributed by atoms with Crippen molar-refractivity contribution in [3.8, 4) is 11.3 Å². The van der Waals surface area contributed by atoms with Gasteiger partial charge in [0, 0.05) is 29.1 Å². The van der Waals surface area contributed by atoms with E-state index in [-0.39, 0.29) is 18.0 Å². The number of nitrogens with zero attached hydrogens (tertiary/aromatic N) is 2. The van der Waals surface area contributed by atoms with Crippen molar-refractivity contribution in [2.45, 2.75) is 30.0 Å². The minimum atomic E-state index is -6.68. The fourth-order valence-electron chi connectivity index (χ4n) is 4.82. The highest BCUT2D eigenvalue weighted by Crippen LogP contribution is 2.55. The number of pyridine rings is 1. The van der Waals surface area contributed by atoms with Crippen molar-refractivity contribution >= 4 is 11.4 Å². The Hall–Kier alpha value is -3.76. The first kappa shape index (κ1) is 24.9. The number of hydrogen-bond donors (Lipinski definition) is 0. The van der Waals surface area contributed by atoms with Crippen LogP contribution in [0, 0.1) is 11.6 Å². The molecule has 11 heteroatoms. The number of alkyl halides is 7. The molecule has 3 aromatic rings. The Kier molecular flexibility index (Phi) is 5.65. The van der Waals surface area contributed by atoms with Gasteiger partial charge in [-0.25, -0.2) is 13.2 Å². The number of rotatable bonds is 3. The molecule has 0 N–H and O–H groups in total.